The molecule has 3 aromatic rings. The molecule has 2 N–H and O–H groups in total. The van der Waals surface area contributed by atoms with Gasteiger partial charge in [-0.05, 0) is 31.2 Å². The van der Waals surface area contributed by atoms with Crippen molar-refractivity contribution in [3.8, 4) is 10.7 Å². The third kappa shape index (κ3) is 3.68. The Balaban J connectivity index is 1.69. The number of pyridine rings is 2. The van der Waals surface area contributed by atoms with E-state index in [4.69, 9.17) is 0 Å². The number of carbonyl (C=O) groups excluding carboxylic acids is 1. The van der Waals surface area contributed by atoms with E-state index in [1.165, 1.54) is 17.8 Å². The Morgan fingerprint density at radius 3 is 2.70 bits per heavy atom. The average Bonchev–Trinajstić information content (AvgIpc) is 3.14. The Labute approximate surface area is 160 Å². The third-order valence-electron chi connectivity index (χ3n) is 5.00. The number of fused-ring (bicyclic) bond motifs is 1. The van der Waals surface area contributed by atoms with Gasteiger partial charge in [0, 0.05) is 29.3 Å². The zero-order valence-corrected chi connectivity index (χ0v) is 15.9. The van der Waals surface area contributed by atoms with Crippen LogP contribution in [0.3, 0.4) is 0 Å². The maximum atomic E-state index is 12.6. The number of carbonyl (C=O) groups is 1. The van der Waals surface area contributed by atoms with Crippen molar-refractivity contribution >= 4 is 33.8 Å². The lowest BCUT2D eigenvalue weighted by Crippen LogP contribution is -2.25. The van der Waals surface area contributed by atoms with Crippen LogP contribution in [0.1, 0.15) is 42.7 Å². The van der Waals surface area contributed by atoms with E-state index >= 15 is 0 Å². The fourth-order valence-corrected chi connectivity index (χ4v) is 4.20. The molecule has 1 aliphatic carbocycles. The van der Waals surface area contributed by atoms with Gasteiger partial charge >= 0.3 is 0 Å². The largest absolute Gasteiger partial charge is 0.392 e. The molecule has 140 valence electrons. The minimum atomic E-state index is -0.219. The van der Waals surface area contributed by atoms with Gasteiger partial charge < -0.3 is 10.4 Å². The maximum Gasteiger partial charge on any atom is 0.228 e. The van der Waals surface area contributed by atoms with Crippen LogP contribution >= 0.6 is 11.3 Å². The molecule has 1 saturated carbocycles. The van der Waals surface area contributed by atoms with E-state index in [1.807, 2.05) is 13.0 Å². The molecule has 1 fully saturated rings. The van der Waals surface area contributed by atoms with Crippen molar-refractivity contribution < 1.29 is 9.90 Å². The molecule has 3 heterocycles. The predicted octanol–water partition coefficient (Wildman–Crippen LogP) is 3.47. The van der Waals surface area contributed by atoms with Gasteiger partial charge in [-0.2, -0.15) is 0 Å². The van der Waals surface area contributed by atoms with E-state index < -0.39 is 0 Å². The van der Waals surface area contributed by atoms with Gasteiger partial charge in [-0.25, -0.2) is 4.98 Å². The number of nitrogens with zero attached hydrogens (tertiary/aromatic N) is 4. The van der Waals surface area contributed by atoms with E-state index in [0.29, 0.717) is 17.1 Å². The minimum Gasteiger partial charge on any atom is -0.392 e. The van der Waals surface area contributed by atoms with Crippen LogP contribution in [0.4, 0.5) is 5.82 Å². The second-order valence-electron chi connectivity index (χ2n) is 6.85. The van der Waals surface area contributed by atoms with Crippen molar-refractivity contribution in [2.75, 3.05) is 5.32 Å². The van der Waals surface area contributed by atoms with Crippen LogP contribution in [0.2, 0.25) is 0 Å². The molecular weight excluding hydrogens is 362 g/mol. The minimum absolute atomic E-state index is 0.00900. The first-order chi connectivity index (χ1) is 13.2. The number of amides is 1. The monoisotopic (exact) mass is 383 g/mol. The smallest absolute Gasteiger partial charge is 0.228 e. The van der Waals surface area contributed by atoms with Crippen molar-refractivity contribution in [1.29, 1.82) is 0 Å². The van der Waals surface area contributed by atoms with Gasteiger partial charge in [0.1, 0.15) is 16.5 Å². The van der Waals surface area contributed by atoms with Gasteiger partial charge in [-0.3, -0.25) is 9.78 Å². The number of anilines is 1. The van der Waals surface area contributed by atoms with Gasteiger partial charge in [-0.15, -0.1) is 10.2 Å². The van der Waals surface area contributed by atoms with Crippen LogP contribution < -0.4 is 5.32 Å². The lowest BCUT2D eigenvalue weighted by molar-refractivity contribution is -0.120. The van der Waals surface area contributed by atoms with Crippen LogP contribution in [-0.4, -0.2) is 31.2 Å². The van der Waals surface area contributed by atoms with Gasteiger partial charge in [0.05, 0.1) is 6.61 Å². The number of aliphatic hydroxyl groups excluding tert-OH is 1. The number of aliphatic hydroxyl groups is 1. The molecule has 0 saturated heterocycles. The predicted molar refractivity (Wildman–Crippen MR) is 104 cm³/mol. The van der Waals surface area contributed by atoms with Crippen LogP contribution in [0.25, 0.3) is 21.5 Å². The van der Waals surface area contributed by atoms with E-state index in [9.17, 15) is 9.90 Å². The molecule has 1 aliphatic rings. The van der Waals surface area contributed by atoms with Crippen molar-refractivity contribution in [1.82, 2.24) is 20.2 Å². The molecule has 0 spiro atoms. The third-order valence-corrected chi connectivity index (χ3v) is 5.86. The van der Waals surface area contributed by atoms with Gasteiger partial charge in [0.2, 0.25) is 5.91 Å². The molecule has 3 aromatic heterocycles. The summed E-state index contributed by atoms with van der Waals surface area (Å²) < 4.78 is 0. The van der Waals surface area contributed by atoms with Crippen molar-refractivity contribution in [2.24, 2.45) is 5.92 Å². The lowest BCUT2D eigenvalue weighted by Gasteiger charge is -2.21. The highest BCUT2D eigenvalue weighted by atomic mass is 32.1. The number of nitrogens with one attached hydrogen (secondary N) is 1. The second kappa shape index (κ2) is 7.66. The van der Waals surface area contributed by atoms with E-state index in [0.717, 1.165) is 46.5 Å². The molecular formula is C19H21N5O2S. The standard InChI is InChI=1S/C19H21N5O2S/c1-11-23-24-19(27-11)16-7-14-13(8-20-16)9-21-17(15(14)10-25)22-18(26)12-5-3-2-4-6-12/h7-9,12,25H,2-6,10H2,1H3,(H,21,22,26). The number of hydrogen-bond donors (Lipinski definition) is 2. The van der Waals surface area contributed by atoms with Crippen LogP contribution in [0.5, 0.6) is 0 Å². The van der Waals surface area contributed by atoms with Gasteiger partial charge in [-0.1, -0.05) is 30.6 Å². The van der Waals surface area contributed by atoms with E-state index in [-0.39, 0.29) is 18.4 Å². The Kier molecular flexibility index (Phi) is 5.09. The molecule has 0 radical (unpaired) electrons. The molecule has 8 heteroatoms. The topological polar surface area (TPSA) is 101 Å². The summed E-state index contributed by atoms with van der Waals surface area (Å²) in [6.07, 6.45) is 8.59. The summed E-state index contributed by atoms with van der Waals surface area (Å²) in [6, 6.07) is 1.87. The van der Waals surface area contributed by atoms with Crippen LogP contribution in [-0.2, 0) is 11.4 Å². The highest BCUT2D eigenvalue weighted by molar-refractivity contribution is 7.14. The highest BCUT2D eigenvalue weighted by Crippen LogP contribution is 2.30. The van der Waals surface area contributed by atoms with Crippen molar-refractivity contribution in [2.45, 2.75) is 45.6 Å². The van der Waals surface area contributed by atoms with E-state index in [2.05, 4.69) is 25.5 Å². The van der Waals surface area contributed by atoms with Crippen molar-refractivity contribution in [3.63, 3.8) is 0 Å². The van der Waals surface area contributed by atoms with Gasteiger partial charge in [0.25, 0.3) is 0 Å². The molecule has 0 bridgehead atoms. The molecule has 0 aliphatic heterocycles. The zero-order chi connectivity index (χ0) is 18.8. The summed E-state index contributed by atoms with van der Waals surface area (Å²) >= 11 is 1.46. The second-order valence-corrected chi connectivity index (χ2v) is 8.03. The first kappa shape index (κ1) is 17.9. The first-order valence-corrected chi connectivity index (χ1v) is 9.97. The fraction of sp³-hybridized carbons (Fsp3) is 0.421. The average molecular weight is 383 g/mol. The fourth-order valence-electron chi connectivity index (χ4n) is 3.54. The zero-order valence-electron chi connectivity index (χ0n) is 15.1. The molecule has 4 rings (SSSR count). The first-order valence-electron chi connectivity index (χ1n) is 9.15. The number of rotatable bonds is 4. The SMILES string of the molecule is Cc1nnc(-c2cc3c(CO)c(NC(=O)C4CCCCC4)ncc3cn2)s1. The summed E-state index contributed by atoms with van der Waals surface area (Å²) in [5.41, 5.74) is 1.29. The Bertz CT molecular complexity index is 981. The number of aryl methyl sites for hydroxylation is 1. The molecule has 0 unspecified atom stereocenters. The summed E-state index contributed by atoms with van der Waals surface area (Å²) in [5, 5.41) is 24.3. The molecule has 7 nitrogen and oxygen atoms in total. The quantitative estimate of drug-likeness (QED) is 0.715. The normalized spacial score (nSPS) is 15.2. The summed E-state index contributed by atoms with van der Waals surface area (Å²) in [5.74, 6) is 0.441. The molecule has 0 aromatic carbocycles. The maximum absolute atomic E-state index is 12.6. The molecule has 27 heavy (non-hydrogen) atoms. The Morgan fingerprint density at radius 1 is 1.22 bits per heavy atom. The Morgan fingerprint density at radius 2 is 2.00 bits per heavy atom. The van der Waals surface area contributed by atoms with Crippen LogP contribution in [0, 0.1) is 12.8 Å². The molecule has 1 amide bonds. The summed E-state index contributed by atoms with van der Waals surface area (Å²) in [6.45, 7) is 1.67. The van der Waals surface area contributed by atoms with E-state index in [1.54, 1.807) is 12.4 Å². The number of hydrogen-bond acceptors (Lipinski definition) is 7. The van der Waals surface area contributed by atoms with Crippen LogP contribution in [0.15, 0.2) is 18.5 Å². The van der Waals surface area contributed by atoms with Gasteiger partial charge in [0.15, 0.2) is 5.01 Å². The highest BCUT2D eigenvalue weighted by Gasteiger charge is 2.23. The Hall–Kier alpha value is -2.45. The van der Waals surface area contributed by atoms with Crippen molar-refractivity contribution in [3.05, 3.63) is 29.0 Å². The lowest BCUT2D eigenvalue weighted by atomic mass is 9.88. The summed E-state index contributed by atoms with van der Waals surface area (Å²) in [4.78, 5) is 21.4. The molecule has 0 atom stereocenters. The number of aromatic nitrogens is 4. The summed E-state index contributed by atoms with van der Waals surface area (Å²) in [7, 11) is 0.